The number of hydrogen-bond acceptors (Lipinski definition) is 0. The van der Waals surface area contributed by atoms with Gasteiger partial charge in [-0.2, -0.15) is 0 Å². The Morgan fingerprint density at radius 3 is 2.00 bits per heavy atom. The summed E-state index contributed by atoms with van der Waals surface area (Å²) in [6.45, 7) is 9.23. The summed E-state index contributed by atoms with van der Waals surface area (Å²) < 4.78 is 0. The van der Waals surface area contributed by atoms with E-state index in [4.69, 9.17) is 0 Å². The van der Waals surface area contributed by atoms with E-state index < -0.39 is 0 Å². The Hall–Kier alpha value is 0. The highest BCUT2D eigenvalue weighted by Gasteiger charge is 2.45. The minimum Gasteiger partial charge on any atom is -0.0628 e. The van der Waals surface area contributed by atoms with Gasteiger partial charge in [0.05, 0.1) is 0 Å². The highest BCUT2D eigenvalue weighted by Crippen LogP contribution is 2.53. The van der Waals surface area contributed by atoms with E-state index in [0.29, 0.717) is 5.41 Å². The van der Waals surface area contributed by atoms with Gasteiger partial charge in [-0.3, -0.25) is 0 Å². The van der Waals surface area contributed by atoms with Crippen LogP contribution in [0.15, 0.2) is 0 Å². The fourth-order valence-electron chi connectivity index (χ4n) is 1.35. The maximum Gasteiger partial charge on any atom is -0.0289 e. The Kier molecular flexibility index (Phi) is 1.58. The Bertz CT molecular complexity index is 101. The molecule has 0 aromatic heterocycles. The molecule has 9 heavy (non-hydrogen) atoms. The summed E-state index contributed by atoms with van der Waals surface area (Å²) >= 11 is 0. The maximum atomic E-state index is 2.45. The van der Waals surface area contributed by atoms with Crippen LogP contribution in [0.25, 0.3) is 0 Å². The Morgan fingerprint density at radius 2 is 1.89 bits per heavy atom. The van der Waals surface area contributed by atoms with Gasteiger partial charge in [0.25, 0.3) is 0 Å². The van der Waals surface area contributed by atoms with Crippen molar-refractivity contribution >= 4 is 0 Å². The van der Waals surface area contributed by atoms with Crippen molar-refractivity contribution in [1.29, 1.82) is 0 Å². The van der Waals surface area contributed by atoms with Crippen LogP contribution in [0.5, 0.6) is 0 Å². The Morgan fingerprint density at radius 1 is 1.44 bits per heavy atom. The lowest BCUT2D eigenvalue weighted by Gasteiger charge is -2.04. The molecular formula is C9H17. The van der Waals surface area contributed by atoms with Crippen LogP contribution in [0.4, 0.5) is 0 Å². The predicted octanol–water partition coefficient (Wildman–Crippen LogP) is 2.89. The molecule has 1 aliphatic rings. The molecule has 0 aromatic rings. The van der Waals surface area contributed by atoms with Crippen LogP contribution in [-0.2, 0) is 0 Å². The van der Waals surface area contributed by atoms with E-state index in [0.717, 1.165) is 11.8 Å². The molecule has 0 aromatic carbocycles. The first-order chi connectivity index (χ1) is 4.02. The second-order valence-corrected chi connectivity index (χ2v) is 4.22. The zero-order valence-electron chi connectivity index (χ0n) is 6.94. The molecule has 1 fully saturated rings. The molecule has 0 bridgehead atoms. The lowest BCUT2D eigenvalue weighted by molar-refractivity contribution is 0.462. The van der Waals surface area contributed by atoms with E-state index in [1.165, 1.54) is 6.42 Å². The molecule has 1 atom stereocenters. The molecule has 1 saturated carbocycles. The first kappa shape index (κ1) is 7.11. The normalized spacial score (nSPS) is 31.0. The molecular weight excluding hydrogens is 108 g/mol. The molecule has 0 heterocycles. The van der Waals surface area contributed by atoms with E-state index in [1.807, 2.05) is 0 Å². The number of hydrogen-bond donors (Lipinski definition) is 0. The average Bonchev–Trinajstić information content (AvgIpc) is 2.10. The van der Waals surface area contributed by atoms with E-state index >= 15 is 0 Å². The molecule has 0 amide bonds. The van der Waals surface area contributed by atoms with E-state index in [2.05, 4.69) is 34.1 Å². The summed E-state index contributed by atoms with van der Waals surface area (Å²) in [6.07, 6.45) is 3.83. The van der Waals surface area contributed by atoms with Crippen molar-refractivity contribution < 1.29 is 0 Å². The summed E-state index contributed by atoms with van der Waals surface area (Å²) in [6, 6.07) is 0. The van der Waals surface area contributed by atoms with Crippen LogP contribution < -0.4 is 0 Å². The van der Waals surface area contributed by atoms with Crippen molar-refractivity contribution in [2.75, 3.05) is 0 Å². The van der Waals surface area contributed by atoms with Crippen LogP contribution in [0.2, 0.25) is 0 Å². The van der Waals surface area contributed by atoms with Crippen LogP contribution in [0, 0.1) is 23.7 Å². The van der Waals surface area contributed by atoms with Gasteiger partial charge >= 0.3 is 0 Å². The van der Waals surface area contributed by atoms with E-state index in [1.54, 1.807) is 0 Å². The quantitative estimate of drug-likeness (QED) is 0.532. The average molecular weight is 125 g/mol. The Balaban J connectivity index is 2.20. The molecule has 1 radical (unpaired) electrons. The number of rotatable bonds is 2. The largest absolute Gasteiger partial charge is 0.0628 e. The van der Waals surface area contributed by atoms with Crippen molar-refractivity contribution in [1.82, 2.24) is 0 Å². The van der Waals surface area contributed by atoms with Crippen molar-refractivity contribution in [3.63, 3.8) is 0 Å². The van der Waals surface area contributed by atoms with Gasteiger partial charge in [0, 0.05) is 0 Å². The molecule has 1 unspecified atom stereocenters. The van der Waals surface area contributed by atoms with Gasteiger partial charge in [0.2, 0.25) is 0 Å². The van der Waals surface area contributed by atoms with Gasteiger partial charge in [-0.1, -0.05) is 27.7 Å². The second-order valence-electron chi connectivity index (χ2n) is 4.22. The van der Waals surface area contributed by atoms with Crippen LogP contribution in [0.1, 0.15) is 34.1 Å². The molecule has 0 nitrogen and oxygen atoms in total. The fourth-order valence-corrected chi connectivity index (χ4v) is 1.35. The first-order valence-electron chi connectivity index (χ1n) is 3.88. The van der Waals surface area contributed by atoms with Gasteiger partial charge < -0.3 is 0 Å². The van der Waals surface area contributed by atoms with Crippen molar-refractivity contribution in [2.24, 2.45) is 17.3 Å². The molecule has 0 spiro atoms. The molecule has 1 aliphatic carbocycles. The maximum absolute atomic E-state index is 2.45. The van der Waals surface area contributed by atoms with Crippen molar-refractivity contribution in [3.05, 3.63) is 6.42 Å². The molecule has 0 heteroatoms. The lowest BCUT2D eigenvalue weighted by atomic mass is 10.0. The lowest BCUT2D eigenvalue weighted by Crippen LogP contribution is -1.94. The zero-order chi connectivity index (χ0) is 7.07. The van der Waals surface area contributed by atoms with Gasteiger partial charge in [0.15, 0.2) is 0 Å². The summed E-state index contributed by atoms with van der Waals surface area (Å²) in [5, 5.41) is 0. The van der Waals surface area contributed by atoms with Gasteiger partial charge in [-0.15, -0.1) is 0 Å². The zero-order valence-corrected chi connectivity index (χ0v) is 6.94. The second kappa shape index (κ2) is 2.00. The van der Waals surface area contributed by atoms with Crippen molar-refractivity contribution in [2.45, 2.75) is 34.1 Å². The summed E-state index contributed by atoms with van der Waals surface area (Å²) in [5.41, 5.74) is 0.574. The third-order valence-corrected chi connectivity index (χ3v) is 2.20. The molecule has 1 rings (SSSR count). The molecule has 0 aliphatic heterocycles. The topological polar surface area (TPSA) is 0 Å². The summed E-state index contributed by atoms with van der Waals surface area (Å²) in [5.74, 6) is 1.78. The van der Waals surface area contributed by atoms with Gasteiger partial charge in [-0.25, -0.2) is 0 Å². The van der Waals surface area contributed by atoms with Crippen molar-refractivity contribution in [3.8, 4) is 0 Å². The predicted molar refractivity (Wildman–Crippen MR) is 41.0 cm³/mol. The summed E-state index contributed by atoms with van der Waals surface area (Å²) in [4.78, 5) is 0. The molecule has 0 N–H and O–H groups in total. The third kappa shape index (κ3) is 1.70. The monoisotopic (exact) mass is 125 g/mol. The minimum atomic E-state index is 0.574. The van der Waals surface area contributed by atoms with Crippen LogP contribution in [-0.4, -0.2) is 0 Å². The third-order valence-electron chi connectivity index (χ3n) is 2.20. The fraction of sp³-hybridized carbons (Fsp3) is 0.889. The summed E-state index contributed by atoms with van der Waals surface area (Å²) in [7, 11) is 0. The minimum absolute atomic E-state index is 0.574. The Labute approximate surface area is 58.7 Å². The van der Waals surface area contributed by atoms with Crippen LogP contribution >= 0.6 is 0 Å². The van der Waals surface area contributed by atoms with E-state index in [9.17, 15) is 0 Å². The smallest absolute Gasteiger partial charge is 0.0289 e. The SMILES string of the molecule is CC(C)CC1[CH]C1(C)C. The van der Waals surface area contributed by atoms with E-state index in [-0.39, 0.29) is 0 Å². The highest BCUT2D eigenvalue weighted by atomic mass is 14.5. The standard InChI is InChI=1S/C9H17/c1-7(2)5-8-6-9(8,3)4/h6-8H,5H2,1-4H3. The molecule has 0 saturated heterocycles. The molecule has 53 valence electrons. The van der Waals surface area contributed by atoms with Gasteiger partial charge in [0.1, 0.15) is 0 Å². The first-order valence-corrected chi connectivity index (χ1v) is 3.88. The van der Waals surface area contributed by atoms with Gasteiger partial charge in [-0.05, 0) is 30.1 Å². The van der Waals surface area contributed by atoms with Crippen LogP contribution in [0.3, 0.4) is 0 Å². The highest BCUT2D eigenvalue weighted by molar-refractivity contribution is 5.13.